The molecule has 0 heterocycles. The number of amides is 2. The van der Waals surface area contributed by atoms with Gasteiger partial charge in [0, 0.05) is 5.54 Å². The Kier molecular flexibility index (Phi) is 4.59. The van der Waals surface area contributed by atoms with Gasteiger partial charge >= 0.3 is 6.03 Å². The Hall–Kier alpha value is -1.76. The average Bonchev–Trinajstić information content (AvgIpc) is 2.56. The molecule has 0 saturated heterocycles. The SMILES string of the molecule is COc1cc(C=NNC(=O)NC23CC4CC(CC(C4)C2)C3)cc(Br)c1O. The van der Waals surface area contributed by atoms with Crippen molar-refractivity contribution < 1.29 is 14.6 Å². The highest BCUT2D eigenvalue weighted by Crippen LogP contribution is 2.55. The van der Waals surface area contributed by atoms with Gasteiger partial charge in [-0.1, -0.05) is 0 Å². The van der Waals surface area contributed by atoms with Gasteiger partial charge in [-0.3, -0.25) is 0 Å². The summed E-state index contributed by atoms with van der Waals surface area (Å²) in [6, 6.07) is 3.12. The van der Waals surface area contributed by atoms with Crippen molar-refractivity contribution in [3.63, 3.8) is 0 Å². The molecule has 4 bridgehead atoms. The van der Waals surface area contributed by atoms with E-state index in [1.54, 1.807) is 12.1 Å². The van der Waals surface area contributed by atoms with Crippen LogP contribution in [0.2, 0.25) is 0 Å². The van der Waals surface area contributed by atoms with Crippen molar-refractivity contribution in [3.05, 3.63) is 22.2 Å². The van der Waals surface area contributed by atoms with E-state index in [1.807, 2.05) is 0 Å². The van der Waals surface area contributed by atoms with Crippen molar-refractivity contribution >= 4 is 28.2 Å². The van der Waals surface area contributed by atoms with Crippen molar-refractivity contribution in [1.29, 1.82) is 0 Å². The van der Waals surface area contributed by atoms with E-state index < -0.39 is 0 Å². The van der Waals surface area contributed by atoms with E-state index in [4.69, 9.17) is 4.74 Å². The molecule has 4 saturated carbocycles. The molecule has 0 atom stereocenters. The van der Waals surface area contributed by atoms with Gasteiger partial charge in [0.1, 0.15) is 0 Å². The molecule has 0 spiro atoms. The third-order valence-electron chi connectivity index (χ3n) is 6.07. The molecule has 7 heteroatoms. The van der Waals surface area contributed by atoms with Gasteiger partial charge in [-0.15, -0.1) is 0 Å². The van der Waals surface area contributed by atoms with E-state index in [0.29, 0.717) is 15.8 Å². The summed E-state index contributed by atoms with van der Waals surface area (Å²) in [7, 11) is 1.49. The van der Waals surface area contributed by atoms with E-state index in [1.165, 1.54) is 32.6 Å². The van der Waals surface area contributed by atoms with E-state index in [0.717, 1.165) is 37.0 Å². The van der Waals surface area contributed by atoms with Crippen LogP contribution < -0.4 is 15.5 Å². The summed E-state index contributed by atoms with van der Waals surface area (Å²) >= 11 is 3.27. The van der Waals surface area contributed by atoms with E-state index in [2.05, 4.69) is 31.8 Å². The lowest BCUT2D eigenvalue weighted by Gasteiger charge is -2.56. The smallest absolute Gasteiger partial charge is 0.335 e. The number of nitrogens with one attached hydrogen (secondary N) is 2. The second-order valence-electron chi connectivity index (χ2n) is 8.08. The first-order valence-corrected chi connectivity index (χ1v) is 9.93. The molecule has 4 aliphatic carbocycles. The Bertz CT molecular complexity index is 715. The maximum atomic E-state index is 12.4. The molecule has 6 nitrogen and oxygen atoms in total. The Balaban J connectivity index is 1.37. The molecule has 1 aromatic rings. The third kappa shape index (κ3) is 3.41. The van der Waals surface area contributed by atoms with Crippen molar-refractivity contribution in [2.75, 3.05) is 7.11 Å². The standard InChI is InChI=1S/C19H24BrN3O3/c1-26-16-6-14(5-15(20)17(16)24)10-21-23-18(25)22-19-7-11-2-12(8-19)4-13(3-11)9-19/h5-6,10-13,24H,2-4,7-9H2,1H3,(H2,22,23,25). The Labute approximate surface area is 161 Å². The number of phenols is 1. The van der Waals surface area contributed by atoms with Crippen LogP contribution in [0, 0.1) is 17.8 Å². The maximum Gasteiger partial charge on any atom is 0.335 e. The molecule has 26 heavy (non-hydrogen) atoms. The fraction of sp³-hybridized carbons (Fsp3) is 0.579. The Morgan fingerprint density at radius 3 is 2.46 bits per heavy atom. The zero-order valence-electron chi connectivity index (χ0n) is 14.8. The first-order chi connectivity index (χ1) is 12.5. The predicted octanol–water partition coefficient (Wildman–Crippen LogP) is 3.77. The summed E-state index contributed by atoms with van der Waals surface area (Å²) in [6.07, 6.45) is 8.90. The number of benzene rings is 1. The van der Waals surface area contributed by atoms with Gasteiger partial charge in [0.2, 0.25) is 0 Å². The number of carbonyl (C=O) groups excluding carboxylic acids is 1. The van der Waals surface area contributed by atoms with E-state index in [9.17, 15) is 9.90 Å². The predicted molar refractivity (Wildman–Crippen MR) is 103 cm³/mol. The number of carbonyl (C=O) groups is 1. The summed E-state index contributed by atoms with van der Waals surface area (Å²) < 4.78 is 5.62. The topological polar surface area (TPSA) is 83.0 Å². The number of hydrogen-bond donors (Lipinski definition) is 3. The van der Waals surface area contributed by atoms with Gasteiger partial charge in [-0.05, 0) is 89.9 Å². The third-order valence-corrected chi connectivity index (χ3v) is 6.67. The van der Waals surface area contributed by atoms with Gasteiger partial charge in [0.05, 0.1) is 17.8 Å². The first-order valence-electron chi connectivity index (χ1n) is 9.14. The van der Waals surface area contributed by atoms with Crippen molar-refractivity contribution in [2.24, 2.45) is 22.9 Å². The molecule has 4 fully saturated rings. The number of methoxy groups -OCH3 is 1. The summed E-state index contributed by atoms with van der Waals surface area (Å²) in [5.74, 6) is 2.74. The molecule has 4 aliphatic rings. The van der Waals surface area contributed by atoms with Crippen LogP contribution in [0.25, 0.3) is 0 Å². The van der Waals surface area contributed by atoms with Crippen molar-refractivity contribution in [3.8, 4) is 11.5 Å². The molecule has 0 aromatic heterocycles. The number of nitrogens with zero attached hydrogens (tertiary/aromatic N) is 1. The number of phenolic OH excluding ortho intramolecular Hbond substituents is 1. The molecule has 0 aliphatic heterocycles. The number of hydrazone groups is 1. The van der Waals surface area contributed by atoms with Crippen LogP contribution in [0.3, 0.4) is 0 Å². The Morgan fingerprint density at radius 1 is 1.27 bits per heavy atom. The quantitative estimate of drug-likeness (QED) is 0.510. The van der Waals surface area contributed by atoms with Crippen molar-refractivity contribution in [1.82, 2.24) is 10.7 Å². The fourth-order valence-corrected chi connectivity index (χ4v) is 5.98. The minimum absolute atomic E-state index is 0.0286. The van der Waals surface area contributed by atoms with Crippen LogP contribution in [-0.4, -0.2) is 30.0 Å². The van der Waals surface area contributed by atoms with Gasteiger partial charge in [0.25, 0.3) is 0 Å². The normalized spacial score (nSPS) is 32.0. The molecule has 3 N–H and O–H groups in total. The minimum atomic E-state index is -0.243. The van der Waals surface area contributed by atoms with Gasteiger partial charge in [-0.25, -0.2) is 10.2 Å². The van der Waals surface area contributed by atoms with Crippen LogP contribution in [0.1, 0.15) is 44.1 Å². The summed E-state index contributed by atoms with van der Waals surface area (Å²) in [4.78, 5) is 12.4. The lowest BCUT2D eigenvalue weighted by Crippen LogP contribution is -2.61. The second-order valence-corrected chi connectivity index (χ2v) is 8.93. The van der Waals surface area contributed by atoms with E-state index in [-0.39, 0.29) is 17.3 Å². The van der Waals surface area contributed by atoms with Crippen LogP contribution >= 0.6 is 15.9 Å². The van der Waals surface area contributed by atoms with E-state index >= 15 is 0 Å². The zero-order chi connectivity index (χ0) is 18.3. The number of urea groups is 1. The van der Waals surface area contributed by atoms with Crippen molar-refractivity contribution in [2.45, 2.75) is 44.1 Å². The number of halogens is 1. The van der Waals surface area contributed by atoms with Gasteiger partial charge in [-0.2, -0.15) is 5.10 Å². The zero-order valence-corrected chi connectivity index (χ0v) is 16.4. The summed E-state index contributed by atoms with van der Waals surface area (Å²) in [5.41, 5.74) is 3.26. The molecule has 2 amide bonds. The number of rotatable bonds is 4. The highest BCUT2D eigenvalue weighted by atomic mass is 79.9. The number of aromatic hydroxyl groups is 1. The lowest BCUT2D eigenvalue weighted by atomic mass is 9.53. The van der Waals surface area contributed by atoms with Crippen LogP contribution in [-0.2, 0) is 0 Å². The van der Waals surface area contributed by atoms with Crippen LogP contribution in [0.15, 0.2) is 21.7 Å². The van der Waals surface area contributed by atoms with Crippen LogP contribution in [0.5, 0.6) is 11.5 Å². The molecule has 1 aromatic carbocycles. The monoisotopic (exact) mass is 421 g/mol. The molecular weight excluding hydrogens is 398 g/mol. The molecule has 0 unspecified atom stereocenters. The molecule has 5 rings (SSSR count). The molecule has 0 radical (unpaired) electrons. The summed E-state index contributed by atoms with van der Waals surface area (Å²) in [6.45, 7) is 0. The first kappa shape index (κ1) is 17.6. The average molecular weight is 422 g/mol. The molecular formula is C19H24BrN3O3. The molecule has 140 valence electrons. The Morgan fingerprint density at radius 2 is 1.88 bits per heavy atom. The van der Waals surface area contributed by atoms with Crippen LogP contribution in [0.4, 0.5) is 4.79 Å². The lowest BCUT2D eigenvalue weighted by molar-refractivity contribution is -0.0135. The highest BCUT2D eigenvalue weighted by molar-refractivity contribution is 9.10. The maximum absolute atomic E-state index is 12.4. The minimum Gasteiger partial charge on any atom is -0.503 e. The fourth-order valence-electron chi connectivity index (χ4n) is 5.52. The highest BCUT2D eigenvalue weighted by Gasteiger charge is 2.51. The largest absolute Gasteiger partial charge is 0.503 e. The number of ether oxygens (including phenoxy) is 1. The summed E-state index contributed by atoms with van der Waals surface area (Å²) in [5, 5.41) is 17.1. The second kappa shape index (κ2) is 6.76. The van der Waals surface area contributed by atoms with Gasteiger partial charge in [0.15, 0.2) is 11.5 Å². The van der Waals surface area contributed by atoms with Gasteiger partial charge < -0.3 is 15.2 Å². The number of hydrogen-bond acceptors (Lipinski definition) is 4.